The van der Waals surface area contributed by atoms with Gasteiger partial charge >= 0.3 is 0 Å². The quantitative estimate of drug-likeness (QED) is 0.661. The number of rotatable bonds is 4. The Bertz CT molecular complexity index is 306. The maximum atomic E-state index is 8.86. The summed E-state index contributed by atoms with van der Waals surface area (Å²) in [6, 6.07) is 0. The molecular weight excluding hydrogens is 180 g/mol. The van der Waals surface area contributed by atoms with E-state index in [4.69, 9.17) is 10.8 Å². The van der Waals surface area contributed by atoms with Crippen LogP contribution in [-0.4, -0.2) is 27.0 Å². The second-order valence-corrected chi connectivity index (χ2v) is 4.09. The minimum atomic E-state index is -0.197. The van der Waals surface area contributed by atoms with Crippen molar-refractivity contribution in [3.05, 3.63) is 6.20 Å². The highest BCUT2D eigenvalue weighted by Gasteiger charge is 2.19. The van der Waals surface area contributed by atoms with Gasteiger partial charge in [-0.15, -0.1) is 0 Å². The first-order valence-electron chi connectivity index (χ1n) is 4.63. The van der Waals surface area contributed by atoms with Gasteiger partial charge in [0.1, 0.15) is 0 Å². The number of hydrogen-bond acceptors (Lipinski definition) is 4. The zero-order valence-electron chi connectivity index (χ0n) is 8.91. The molecule has 0 atom stereocenters. The van der Waals surface area contributed by atoms with Crippen molar-refractivity contribution in [3.63, 3.8) is 0 Å². The highest BCUT2D eigenvalue weighted by atomic mass is 16.3. The van der Waals surface area contributed by atoms with Crippen molar-refractivity contribution < 1.29 is 5.11 Å². The Morgan fingerprint density at radius 2 is 2.29 bits per heavy atom. The van der Waals surface area contributed by atoms with Crippen LogP contribution in [0.4, 0.5) is 11.5 Å². The summed E-state index contributed by atoms with van der Waals surface area (Å²) in [5, 5.41) is 16.2. The molecule has 0 aromatic carbocycles. The van der Waals surface area contributed by atoms with Crippen LogP contribution in [0.3, 0.4) is 0 Å². The van der Waals surface area contributed by atoms with E-state index in [1.807, 2.05) is 20.9 Å². The van der Waals surface area contributed by atoms with Crippen LogP contribution in [0, 0.1) is 0 Å². The fraction of sp³-hybridized carbons (Fsp3) is 0.667. The monoisotopic (exact) mass is 198 g/mol. The molecule has 0 unspecified atom stereocenters. The zero-order valence-corrected chi connectivity index (χ0v) is 8.91. The number of anilines is 2. The van der Waals surface area contributed by atoms with Gasteiger partial charge < -0.3 is 16.2 Å². The van der Waals surface area contributed by atoms with E-state index in [0.717, 1.165) is 0 Å². The Hall–Kier alpha value is -1.23. The van der Waals surface area contributed by atoms with Crippen molar-refractivity contribution in [1.82, 2.24) is 9.78 Å². The maximum absolute atomic E-state index is 8.86. The smallest absolute Gasteiger partial charge is 0.171 e. The van der Waals surface area contributed by atoms with E-state index in [0.29, 0.717) is 17.9 Å². The molecule has 0 spiro atoms. The van der Waals surface area contributed by atoms with E-state index >= 15 is 0 Å². The van der Waals surface area contributed by atoms with Crippen LogP contribution < -0.4 is 11.1 Å². The maximum Gasteiger partial charge on any atom is 0.171 e. The fourth-order valence-corrected chi connectivity index (χ4v) is 1.27. The van der Waals surface area contributed by atoms with Crippen LogP contribution >= 0.6 is 0 Å². The summed E-state index contributed by atoms with van der Waals surface area (Å²) in [5.41, 5.74) is 6.16. The van der Waals surface area contributed by atoms with Gasteiger partial charge in [-0.25, -0.2) is 0 Å². The van der Waals surface area contributed by atoms with Gasteiger partial charge in [-0.05, 0) is 20.3 Å². The summed E-state index contributed by atoms with van der Waals surface area (Å²) in [7, 11) is 1.82. The molecule has 4 N–H and O–H groups in total. The Morgan fingerprint density at radius 3 is 2.71 bits per heavy atom. The lowest BCUT2D eigenvalue weighted by Gasteiger charge is -2.25. The van der Waals surface area contributed by atoms with E-state index in [-0.39, 0.29) is 12.1 Å². The van der Waals surface area contributed by atoms with Crippen LogP contribution in [0.5, 0.6) is 0 Å². The van der Waals surface area contributed by atoms with Gasteiger partial charge in [0.2, 0.25) is 0 Å². The molecule has 0 aliphatic rings. The van der Waals surface area contributed by atoms with Crippen molar-refractivity contribution in [2.24, 2.45) is 7.05 Å². The Morgan fingerprint density at radius 1 is 1.64 bits per heavy atom. The van der Waals surface area contributed by atoms with E-state index in [1.165, 1.54) is 0 Å². The Balaban J connectivity index is 2.72. The average Bonchev–Trinajstić information content (AvgIpc) is 2.28. The minimum Gasteiger partial charge on any atom is -0.396 e. The molecule has 1 heterocycles. The molecule has 80 valence electrons. The first-order valence-corrected chi connectivity index (χ1v) is 4.63. The summed E-state index contributed by atoms with van der Waals surface area (Å²) in [6.45, 7) is 4.14. The van der Waals surface area contributed by atoms with Crippen molar-refractivity contribution in [2.45, 2.75) is 25.8 Å². The first kappa shape index (κ1) is 10.8. The number of aliphatic hydroxyl groups is 1. The second-order valence-electron chi connectivity index (χ2n) is 4.09. The third-order valence-corrected chi connectivity index (χ3v) is 2.05. The van der Waals surface area contributed by atoms with Crippen LogP contribution in [0.2, 0.25) is 0 Å². The summed E-state index contributed by atoms with van der Waals surface area (Å²) >= 11 is 0. The minimum absolute atomic E-state index is 0.146. The van der Waals surface area contributed by atoms with Gasteiger partial charge in [-0.1, -0.05) is 0 Å². The van der Waals surface area contributed by atoms with Crippen molar-refractivity contribution in [1.29, 1.82) is 0 Å². The van der Waals surface area contributed by atoms with E-state index in [2.05, 4.69) is 10.4 Å². The molecule has 1 aromatic rings. The third kappa shape index (κ3) is 2.63. The van der Waals surface area contributed by atoms with Gasteiger partial charge in [0.25, 0.3) is 0 Å². The molecule has 0 amide bonds. The van der Waals surface area contributed by atoms with Gasteiger partial charge in [0, 0.05) is 25.4 Å². The number of aliphatic hydroxyl groups excluding tert-OH is 1. The lowest BCUT2D eigenvalue weighted by molar-refractivity contribution is 0.260. The van der Waals surface area contributed by atoms with Crippen LogP contribution in [-0.2, 0) is 7.05 Å². The predicted molar refractivity (Wildman–Crippen MR) is 57.0 cm³/mol. The molecule has 0 aliphatic carbocycles. The van der Waals surface area contributed by atoms with E-state index < -0.39 is 0 Å². The number of nitrogens with two attached hydrogens (primary N) is 1. The average molecular weight is 198 g/mol. The van der Waals surface area contributed by atoms with Gasteiger partial charge in [-0.2, -0.15) is 5.10 Å². The van der Waals surface area contributed by atoms with Gasteiger partial charge in [0.05, 0.1) is 5.69 Å². The number of aromatic nitrogens is 2. The lowest BCUT2D eigenvalue weighted by atomic mass is 10.0. The van der Waals surface area contributed by atoms with Crippen LogP contribution in [0.25, 0.3) is 0 Å². The number of nitrogens with one attached hydrogen (secondary N) is 1. The molecule has 0 saturated carbocycles. The number of hydrogen-bond donors (Lipinski definition) is 3. The SMILES string of the molecule is Cn1cc(N)c(NC(C)(C)CCO)n1. The second kappa shape index (κ2) is 3.88. The number of aryl methyl sites for hydroxylation is 1. The zero-order chi connectivity index (χ0) is 10.8. The molecule has 5 heteroatoms. The van der Waals surface area contributed by atoms with Crippen LogP contribution in [0.1, 0.15) is 20.3 Å². The fourth-order valence-electron chi connectivity index (χ4n) is 1.27. The molecule has 1 rings (SSSR count). The van der Waals surface area contributed by atoms with E-state index in [9.17, 15) is 0 Å². The highest BCUT2D eigenvalue weighted by molar-refractivity contribution is 5.60. The van der Waals surface area contributed by atoms with Gasteiger partial charge in [-0.3, -0.25) is 4.68 Å². The standard InChI is InChI=1S/C9H18N4O/c1-9(2,4-5-14)11-8-7(10)6-13(3)12-8/h6,14H,4-5,10H2,1-3H3,(H,11,12). The van der Waals surface area contributed by atoms with Gasteiger partial charge in [0.15, 0.2) is 5.82 Å². The van der Waals surface area contributed by atoms with E-state index in [1.54, 1.807) is 10.9 Å². The first-order chi connectivity index (χ1) is 6.44. The summed E-state index contributed by atoms with van der Waals surface area (Å²) in [6.07, 6.45) is 2.40. The topological polar surface area (TPSA) is 76.1 Å². The molecule has 0 bridgehead atoms. The summed E-state index contributed by atoms with van der Waals surface area (Å²) in [5.74, 6) is 0.672. The molecule has 1 aromatic heterocycles. The van der Waals surface area contributed by atoms with Crippen molar-refractivity contribution in [3.8, 4) is 0 Å². The summed E-state index contributed by atoms with van der Waals surface area (Å²) < 4.78 is 1.66. The molecule has 0 aliphatic heterocycles. The van der Waals surface area contributed by atoms with Crippen molar-refractivity contribution >= 4 is 11.5 Å². The molecule has 5 nitrogen and oxygen atoms in total. The normalized spacial score (nSPS) is 11.7. The number of nitrogen functional groups attached to an aromatic ring is 1. The molecular formula is C9H18N4O. The third-order valence-electron chi connectivity index (χ3n) is 2.05. The Labute approximate surface area is 83.9 Å². The molecule has 0 radical (unpaired) electrons. The number of nitrogens with zero attached hydrogens (tertiary/aromatic N) is 2. The molecule has 14 heavy (non-hydrogen) atoms. The lowest BCUT2D eigenvalue weighted by Crippen LogP contribution is -2.32. The summed E-state index contributed by atoms with van der Waals surface area (Å²) in [4.78, 5) is 0. The Kier molecular flexibility index (Phi) is 3.00. The highest BCUT2D eigenvalue weighted by Crippen LogP contribution is 2.21. The van der Waals surface area contributed by atoms with Crippen molar-refractivity contribution in [2.75, 3.05) is 17.7 Å². The molecule has 0 saturated heterocycles. The van der Waals surface area contributed by atoms with Crippen LogP contribution in [0.15, 0.2) is 6.20 Å². The molecule has 0 fully saturated rings. The predicted octanol–water partition coefficient (Wildman–Crippen LogP) is 0.575. The largest absolute Gasteiger partial charge is 0.396 e.